The molecule has 4 N–H and O–H groups in total. The first-order valence-corrected chi connectivity index (χ1v) is 9.67. The number of pyridine rings is 1. The van der Waals surface area contributed by atoms with Gasteiger partial charge in [-0.15, -0.1) is 0 Å². The summed E-state index contributed by atoms with van der Waals surface area (Å²) in [6, 6.07) is 3.53. The van der Waals surface area contributed by atoms with Crippen molar-refractivity contribution in [3.05, 3.63) is 42.2 Å². The minimum Gasteiger partial charge on any atom is -0.444 e. The molecule has 0 aliphatic carbocycles. The van der Waals surface area contributed by atoms with Crippen molar-refractivity contribution in [3.63, 3.8) is 0 Å². The number of nitrogens with zero attached hydrogens (tertiary/aromatic N) is 4. The summed E-state index contributed by atoms with van der Waals surface area (Å²) in [6.45, 7) is 0.782. The van der Waals surface area contributed by atoms with Crippen molar-refractivity contribution in [1.82, 2.24) is 19.7 Å². The summed E-state index contributed by atoms with van der Waals surface area (Å²) in [6.07, 6.45) is 6.39. The fourth-order valence-electron chi connectivity index (χ4n) is 2.40. The lowest BCUT2D eigenvalue weighted by atomic mass is 10.2. The number of carbonyl (C=O) groups is 2. The van der Waals surface area contributed by atoms with Gasteiger partial charge in [-0.3, -0.25) is 14.3 Å². The maximum absolute atomic E-state index is 12.4. The molecular formula is C17H19N7O3S. The molecule has 0 saturated carbocycles. The van der Waals surface area contributed by atoms with Crippen molar-refractivity contribution in [1.29, 1.82) is 0 Å². The Kier molecular flexibility index (Phi) is 5.94. The number of hydrogen-bond acceptors (Lipinski definition) is 8. The highest BCUT2D eigenvalue weighted by molar-refractivity contribution is 7.98. The third kappa shape index (κ3) is 4.49. The Hall–Kier alpha value is -3.34. The lowest BCUT2D eigenvalue weighted by Crippen LogP contribution is -2.18. The molecule has 3 heterocycles. The topological polar surface area (TPSA) is 141 Å². The molecule has 0 unspecified atom stereocenters. The van der Waals surface area contributed by atoms with Crippen molar-refractivity contribution < 1.29 is 14.0 Å². The first-order valence-electron chi connectivity index (χ1n) is 8.27. The van der Waals surface area contributed by atoms with Crippen LogP contribution in [0.3, 0.4) is 0 Å². The Bertz CT molecular complexity index is 998. The Balaban J connectivity index is 1.74. The van der Waals surface area contributed by atoms with Gasteiger partial charge < -0.3 is 20.8 Å². The van der Waals surface area contributed by atoms with Crippen LogP contribution in [0.2, 0.25) is 0 Å². The summed E-state index contributed by atoms with van der Waals surface area (Å²) in [5, 5.41) is 9.69. The molecule has 11 heteroatoms. The van der Waals surface area contributed by atoms with Gasteiger partial charge in [0.05, 0.1) is 5.69 Å². The van der Waals surface area contributed by atoms with E-state index in [0.717, 1.165) is 12.3 Å². The molecule has 0 radical (unpaired) electrons. The maximum atomic E-state index is 12.4. The average Bonchev–Trinajstić information content (AvgIpc) is 3.29. The molecular weight excluding hydrogens is 382 g/mol. The van der Waals surface area contributed by atoms with Crippen LogP contribution >= 0.6 is 11.8 Å². The van der Waals surface area contributed by atoms with Gasteiger partial charge in [0.2, 0.25) is 5.89 Å². The highest BCUT2D eigenvalue weighted by atomic mass is 32.2. The van der Waals surface area contributed by atoms with Gasteiger partial charge in [-0.05, 0) is 18.4 Å². The number of rotatable bonds is 8. The summed E-state index contributed by atoms with van der Waals surface area (Å²) in [7, 11) is 1.62. The van der Waals surface area contributed by atoms with E-state index in [2.05, 4.69) is 25.7 Å². The minimum atomic E-state index is -0.741. The van der Waals surface area contributed by atoms with Crippen molar-refractivity contribution in [2.45, 2.75) is 0 Å². The van der Waals surface area contributed by atoms with E-state index in [4.69, 9.17) is 10.2 Å². The van der Waals surface area contributed by atoms with Crippen LogP contribution < -0.4 is 16.4 Å². The van der Waals surface area contributed by atoms with E-state index in [-0.39, 0.29) is 23.0 Å². The lowest BCUT2D eigenvalue weighted by molar-refractivity contribution is 0.0995. The third-order valence-electron chi connectivity index (χ3n) is 3.67. The SMILES string of the molecule is CSCCNc1cc(-c2nc(C(=O)Nc3cn(C)nc3C(N)=O)co2)ccn1. The van der Waals surface area contributed by atoms with Gasteiger partial charge in [0.15, 0.2) is 11.4 Å². The molecule has 0 aromatic carbocycles. The molecule has 0 aliphatic rings. The molecule has 3 rings (SSSR count). The largest absolute Gasteiger partial charge is 0.444 e. The Labute approximate surface area is 164 Å². The lowest BCUT2D eigenvalue weighted by Gasteiger charge is -2.04. The standard InChI is InChI=1S/C17H19N7O3S/c1-24-8-11(14(23-24)15(18)25)21-16(26)12-9-27-17(22-12)10-3-4-19-13(7-10)20-5-6-28-2/h3-4,7-9H,5-6H2,1-2H3,(H2,18,25)(H,19,20)(H,21,26). The Morgan fingerprint density at radius 3 is 2.96 bits per heavy atom. The number of carbonyl (C=O) groups excluding carboxylic acids is 2. The molecule has 0 fully saturated rings. The van der Waals surface area contributed by atoms with Gasteiger partial charge in [-0.1, -0.05) is 0 Å². The number of nitrogens with two attached hydrogens (primary N) is 1. The van der Waals surface area contributed by atoms with E-state index in [1.54, 1.807) is 37.1 Å². The van der Waals surface area contributed by atoms with Crippen molar-refractivity contribution in [2.75, 3.05) is 29.2 Å². The number of amides is 2. The van der Waals surface area contributed by atoms with E-state index >= 15 is 0 Å². The predicted molar refractivity (Wildman–Crippen MR) is 106 cm³/mol. The van der Waals surface area contributed by atoms with E-state index in [0.29, 0.717) is 11.4 Å². The molecule has 3 aromatic rings. The number of oxazole rings is 1. The fourth-order valence-corrected chi connectivity index (χ4v) is 2.71. The number of aryl methyl sites for hydroxylation is 1. The molecule has 146 valence electrons. The zero-order valence-corrected chi connectivity index (χ0v) is 16.1. The molecule has 0 atom stereocenters. The van der Waals surface area contributed by atoms with Crippen LogP contribution in [0.15, 0.2) is 35.2 Å². The predicted octanol–water partition coefficient (Wildman–Crippen LogP) is 1.60. The van der Waals surface area contributed by atoms with Gasteiger partial charge in [-0.25, -0.2) is 9.97 Å². The molecule has 10 nitrogen and oxygen atoms in total. The van der Waals surface area contributed by atoms with Crippen molar-refractivity contribution in [2.24, 2.45) is 12.8 Å². The summed E-state index contributed by atoms with van der Waals surface area (Å²) in [4.78, 5) is 32.3. The first-order chi connectivity index (χ1) is 13.5. The number of thioether (sulfide) groups is 1. The average molecular weight is 401 g/mol. The van der Waals surface area contributed by atoms with Gasteiger partial charge in [-0.2, -0.15) is 16.9 Å². The summed E-state index contributed by atoms with van der Waals surface area (Å²) < 4.78 is 6.81. The Morgan fingerprint density at radius 1 is 1.39 bits per heavy atom. The van der Waals surface area contributed by atoms with Crippen LogP contribution in [0, 0.1) is 0 Å². The monoisotopic (exact) mass is 401 g/mol. The van der Waals surface area contributed by atoms with Gasteiger partial charge in [0, 0.05) is 37.3 Å². The van der Waals surface area contributed by atoms with Crippen LogP contribution in [0.1, 0.15) is 21.0 Å². The molecule has 3 aromatic heterocycles. The highest BCUT2D eigenvalue weighted by Gasteiger charge is 2.19. The first kappa shape index (κ1) is 19.4. The van der Waals surface area contributed by atoms with E-state index in [1.165, 1.54) is 17.1 Å². The van der Waals surface area contributed by atoms with Gasteiger partial charge in [0.25, 0.3) is 11.8 Å². The van der Waals surface area contributed by atoms with Crippen molar-refractivity contribution >= 4 is 35.1 Å². The molecule has 2 amide bonds. The second-order valence-electron chi connectivity index (χ2n) is 5.77. The van der Waals surface area contributed by atoms with E-state index in [9.17, 15) is 9.59 Å². The van der Waals surface area contributed by atoms with Crippen LogP contribution in [0.5, 0.6) is 0 Å². The van der Waals surface area contributed by atoms with Crippen LogP contribution in [0.4, 0.5) is 11.5 Å². The normalized spacial score (nSPS) is 10.6. The Morgan fingerprint density at radius 2 is 2.21 bits per heavy atom. The minimum absolute atomic E-state index is 0.0327. The molecule has 0 saturated heterocycles. The van der Waals surface area contributed by atoms with Gasteiger partial charge in [0.1, 0.15) is 12.1 Å². The highest BCUT2D eigenvalue weighted by Crippen LogP contribution is 2.21. The zero-order chi connectivity index (χ0) is 20.1. The van der Waals surface area contributed by atoms with Crippen LogP contribution in [-0.2, 0) is 7.05 Å². The second kappa shape index (κ2) is 8.57. The van der Waals surface area contributed by atoms with Crippen LogP contribution in [-0.4, -0.2) is 50.1 Å². The molecule has 0 bridgehead atoms. The summed E-state index contributed by atoms with van der Waals surface area (Å²) >= 11 is 1.73. The number of aromatic nitrogens is 4. The van der Waals surface area contributed by atoms with E-state index in [1.807, 2.05) is 6.26 Å². The molecule has 0 aliphatic heterocycles. The molecule has 28 heavy (non-hydrogen) atoms. The smallest absolute Gasteiger partial charge is 0.277 e. The second-order valence-corrected chi connectivity index (χ2v) is 6.76. The maximum Gasteiger partial charge on any atom is 0.277 e. The van der Waals surface area contributed by atoms with Crippen molar-refractivity contribution in [3.8, 4) is 11.5 Å². The summed E-state index contributed by atoms with van der Waals surface area (Å²) in [5.41, 5.74) is 6.18. The summed E-state index contributed by atoms with van der Waals surface area (Å²) in [5.74, 6) is 0.642. The number of primary amides is 1. The zero-order valence-electron chi connectivity index (χ0n) is 15.3. The van der Waals surface area contributed by atoms with E-state index < -0.39 is 11.8 Å². The van der Waals surface area contributed by atoms with Crippen LogP contribution in [0.25, 0.3) is 11.5 Å². The number of anilines is 2. The quantitative estimate of drug-likeness (QED) is 0.483. The fraction of sp³-hybridized carbons (Fsp3) is 0.235. The van der Waals surface area contributed by atoms with Gasteiger partial charge >= 0.3 is 0 Å². The third-order valence-corrected chi connectivity index (χ3v) is 4.28. The molecule has 0 spiro atoms. The number of hydrogen-bond donors (Lipinski definition) is 3. The number of nitrogens with one attached hydrogen (secondary N) is 2.